The summed E-state index contributed by atoms with van der Waals surface area (Å²) >= 11 is 0. The van der Waals surface area contributed by atoms with Crippen LogP contribution >= 0.6 is 0 Å². The number of hydrogen-bond donors (Lipinski definition) is 0. The minimum Gasteiger partial charge on any atom is -0.355 e. The first-order valence-corrected chi connectivity index (χ1v) is 3.31. The van der Waals surface area contributed by atoms with Gasteiger partial charge in [-0.1, -0.05) is 0 Å². The molecule has 10 heavy (non-hydrogen) atoms. The van der Waals surface area contributed by atoms with Gasteiger partial charge in [-0.3, -0.25) is 0 Å². The highest BCUT2D eigenvalue weighted by atomic mass is 16.8. The van der Waals surface area contributed by atoms with E-state index >= 15 is 0 Å². The molecule has 0 bridgehead atoms. The Labute approximate surface area is 60.0 Å². The zero-order valence-corrected chi connectivity index (χ0v) is 5.88. The number of hydrogen-bond acceptors (Lipinski definition) is 4. The van der Waals surface area contributed by atoms with Gasteiger partial charge in [-0.05, 0) is 6.42 Å². The monoisotopic (exact) mass is 148 g/mol. The van der Waals surface area contributed by atoms with Gasteiger partial charge in [0, 0.05) is 0 Å². The zero-order chi connectivity index (χ0) is 7.07. The van der Waals surface area contributed by atoms with Crippen LogP contribution in [0.5, 0.6) is 0 Å². The second kappa shape index (κ2) is 5.61. The fourth-order valence-electron chi connectivity index (χ4n) is 0.626. The fraction of sp³-hybridized carbons (Fsp3) is 1.00. The van der Waals surface area contributed by atoms with Crippen molar-refractivity contribution in [1.82, 2.24) is 0 Å². The Morgan fingerprint density at radius 2 is 1.10 bits per heavy atom. The first-order chi connectivity index (χ1) is 5.00. The van der Waals surface area contributed by atoms with Gasteiger partial charge in [0.15, 0.2) is 6.79 Å². The minimum atomic E-state index is 0.250. The maximum absolute atomic E-state index is 5.03. The summed E-state index contributed by atoms with van der Waals surface area (Å²) < 4.78 is 19.8. The molecule has 0 N–H and O–H groups in total. The second-order valence-corrected chi connectivity index (χ2v) is 1.93. The molecule has 4 heteroatoms. The van der Waals surface area contributed by atoms with Crippen molar-refractivity contribution in [3.63, 3.8) is 0 Å². The van der Waals surface area contributed by atoms with Crippen LogP contribution in [0, 0.1) is 0 Å². The summed E-state index contributed by atoms with van der Waals surface area (Å²) in [6, 6.07) is 0. The number of rotatable bonds is 0. The van der Waals surface area contributed by atoms with E-state index in [1.54, 1.807) is 0 Å². The van der Waals surface area contributed by atoms with Crippen molar-refractivity contribution in [2.75, 3.05) is 33.6 Å². The van der Waals surface area contributed by atoms with Crippen molar-refractivity contribution < 1.29 is 18.9 Å². The third-order valence-electron chi connectivity index (χ3n) is 1.08. The predicted molar refractivity (Wildman–Crippen MR) is 33.3 cm³/mol. The van der Waals surface area contributed by atoms with Crippen LogP contribution in [-0.4, -0.2) is 33.6 Å². The molecule has 1 saturated heterocycles. The third kappa shape index (κ3) is 3.79. The smallest absolute Gasteiger partial charge is 0.152 e. The van der Waals surface area contributed by atoms with E-state index < -0.39 is 0 Å². The van der Waals surface area contributed by atoms with Gasteiger partial charge in [0.2, 0.25) is 0 Å². The maximum Gasteiger partial charge on any atom is 0.152 e. The minimum absolute atomic E-state index is 0.250. The van der Waals surface area contributed by atoms with E-state index in [4.69, 9.17) is 18.9 Å². The van der Waals surface area contributed by atoms with Crippen molar-refractivity contribution in [2.24, 2.45) is 0 Å². The highest BCUT2D eigenvalue weighted by Crippen LogP contribution is 1.90. The van der Waals surface area contributed by atoms with E-state index in [0.717, 1.165) is 6.42 Å². The summed E-state index contributed by atoms with van der Waals surface area (Å²) in [5.74, 6) is 0. The van der Waals surface area contributed by atoms with E-state index in [-0.39, 0.29) is 6.79 Å². The van der Waals surface area contributed by atoms with Gasteiger partial charge >= 0.3 is 0 Å². The van der Waals surface area contributed by atoms with Crippen LogP contribution in [0.1, 0.15) is 6.42 Å². The van der Waals surface area contributed by atoms with Crippen LogP contribution in [0.25, 0.3) is 0 Å². The van der Waals surface area contributed by atoms with Crippen molar-refractivity contribution in [2.45, 2.75) is 6.42 Å². The Bertz CT molecular complexity index is 42.9. The SMILES string of the molecule is C1COCOCOCOC1. The fourth-order valence-corrected chi connectivity index (χ4v) is 0.626. The van der Waals surface area contributed by atoms with Gasteiger partial charge in [0.1, 0.15) is 13.6 Å². The maximum atomic E-state index is 5.03. The average molecular weight is 148 g/mol. The molecule has 1 fully saturated rings. The topological polar surface area (TPSA) is 36.9 Å². The molecule has 1 aliphatic heterocycles. The molecular weight excluding hydrogens is 136 g/mol. The molecule has 0 amide bonds. The molecule has 0 atom stereocenters. The Kier molecular flexibility index (Phi) is 4.46. The van der Waals surface area contributed by atoms with Gasteiger partial charge in [0.25, 0.3) is 0 Å². The van der Waals surface area contributed by atoms with Gasteiger partial charge < -0.3 is 18.9 Å². The van der Waals surface area contributed by atoms with E-state index in [9.17, 15) is 0 Å². The summed E-state index contributed by atoms with van der Waals surface area (Å²) in [4.78, 5) is 0. The number of ether oxygens (including phenoxy) is 4. The molecular formula is C6H12O4. The van der Waals surface area contributed by atoms with Crippen molar-refractivity contribution >= 4 is 0 Å². The van der Waals surface area contributed by atoms with Gasteiger partial charge in [-0.15, -0.1) is 0 Å². The average Bonchev–Trinajstić information content (AvgIpc) is 2.01. The molecule has 0 spiro atoms. The van der Waals surface area contributed by atoms with E-state index in [0.29, 0.717) is 26.8 Å². The summed E-state index contributed by atoms with van der Waals surface area (Å²) in [5.41, 5.74) is 0. The van der Waals surface area contributed by atoms with Crippen LogP contribution in [0.3, 0.4) is 0 Å². The van der Waals surface area contributed by atoms with Crippen molar-refractivity contribution in [3.8, 4) is 0 Å². The lowest BCUT2D eigenvalue weighted by Crippen LogP contribution is -2.12. The summed E-state index contributed by atoms with van der Waals surface area (Å²) in [5, 5.41) is 0. The molecule has 0 aliphatic carbocycles. The molecule has 0 aromatic rings. The molecule has 1 aliphatic rings. The molecule has 1 heterocycles. The van der Waals surface area contributed by atoms with Gasteiger partial charge in [-0.2, -0.15) is 0 Å². The van der Waals surface area contributed by atoms with E-state index in [1.165, 1.54) is 0 Å². The second-order valence-electron chi connectivity index (χ2n) is 1.93. The molecule has 1 rings (SSSR count). The van der Waals surface area contributed by atoms with Crippen LogP contribution in [0.4, 0.5) is 0 Å². The largest absolute Gasteiger partial charge is 0.355 e. The van der Waals surface area contributed by atoms with Crippen molar-refractivity contribution in [1.29, 1.82) is 0 Å². The zero-order valence-electron chi connectivity index (χ0n) is 5.88. The third-order valence-corrected chi connectivity index (χ3v) is 1.08. The Balaban J connectivity index is 2.00. The highest BCUT2D eigenvalue weighted by Gasteiger charge is 1.94. The molecule has 0 aromatic heterocycles. The van der Waals surface area contributed by atoms with Gasteiger partial charge in [0.05, 0.1) is 13.2 Å². The lowest BCUT2D eigenvalue weighted by Gasteiger charge is -2.10. The lowest BCUT2D eigenvalue weighted by atomic mass is 10.5. The molecule has 0 unspecified atom stereocenters. The Morgan fingerprint density at radius 3 is 1.70 bits per heavy atom. The van der Waals surface area contributed by atoms with E-state index in [1.807, 2.05) is 0 Å². The van der Waals surface area contributed by atoms with Crippen LogP contribution in [-0.2, 0) is 18.9 Å². The molecule has 0 saturated carbocycles. The highest BCUT2D eigenvalue weighted by molar-refractivity contribution is 4.31. The molecule has 0 aromatic carbocycles. The standard InChI is InChI=1S/C6H12O4/c1-2-7-4-9-6-10-5-8-3-1/h1-6H2. The summed E-state index contributed by atoms with van der Waals surface area (Å²) in [6.07, 6.45) is 0.896. The normalized spacial score (nSPS) is 24.0. The van der Waals surface area contributed by atoms with E-state index in [2.05, 4.69) is 0 Å². The first-order valence-electron chi connectivity index (χ1n) is 3.31. The van der Waals surface area contributed by atoms with Crippen molar-refractivity contribution in [3.05, 3.63) is 0 Å². The molecule has 0 radical (unpaired) electrons. The summed E-state index contributed by atoms with van der Waals surface area (Å²) in [6.45, 7) is 2.28. The Morgan fingerprint density at radius 1 is 0.600 bits per heavy atom. The predicted octanol–water partition coefficient (Wildman–Crippen LogP) is 0.329. The lowest BCUT2D eigenvalue weighted by molar-refractivity contribution is -0.182. The van der Waals surface area contributed by atoms with Crippen LogP contribution < -0.4 is 0 Å². The summed E-state index contributed by atoms with van der Waals surface area (Å²) in [7, 11) is 0. The Hall–Kier alpha value is -0.160. The molecule has 60 valence electrons. The van der Waals surface area contributed by atoms with Crippen LogP contribution in [0.15, 0.2) is 0 Å². The van der Waals surface area contributed by atoms with Gasteiger partial charge in [-0.25, -0.2) is 0 Å². The quantitative estimate of drug-likeness (QED) is 0.496. The molecule has 4 nitrogen and oxygen atoms in total. The van der Waals surface area contributed by atoms with Crippen LogP contribution in [0.2, 0.25) is 0 Å². The first kappa shape index (κ1) is 7.94.